The van der Waals surface area contributed by atoms with E-state index >= 15 is 0 Å². The van der Waals surface area contributed by atoms with Crippen molar-refractivity contribution in [1.29, 1.82) is 0 Å². The summed E-state index contributed by atoms with van der Waals surface area (Å²) in [6, 6.07) is 79.6. The van der Waals surface area contributed by atoms with Crippen LogP contribution in [0.3, 0.4) is 0 Å². The SMILES string of the molecule is CC1(C)c2ccccc2-c2ccc(C(c3ccccc3)c3cccc4c3C35c6c(cccc6C(c6ccccc6)c6ccc(-c7ccc8ccccc8c7)cc6)CC3CCCCC5C4)cc21. The lowest BCUT2D eigenvalue weighted by Crippen LogP contribution is -2.39. The molecule has 1 saturated carbocycles. The van der Waals surface area contributed by atoms with E-state index < -0.39 is 0 Å². The topological polar surface area (TPSA) is 0 Å². The van der Waals surface area contributed by atoms with Crippen molar-refractivity contribution in [3.8, 4) is 22.3 Å². The van der Waals surface area contributed by atoms with Gasteiger partial charge in [-0.05, 0) is 143 Å². The lowest BCUT2D eigenvalue weighted by Gasteiger charge is -2.42. The van der Waals surface area contributed by atoms with Gasteiger partial charge in [-0.3, -0.25) is 0 Å². The average Bonchev–Trinajstić information content (AvgIpc) is 3.91. The van der Waals surface area contributed by atoms with Crippen molar-refractivity contribution in [3.63, 3.8) is 0 Å². The molecule has 1 spiro atoms. The molecular formula is C66H56. The Hall–Kier alpha value is -6.76. The first-order chi connectivity index (χ1) is 32.5. The van der Waals surface area contributed by atoms with Crippen molar-refractivity contribution in [2.75, 3.05) is 0 Å². The van der Waals surface area contributed by atoms with Crippen LogP contribution in [0.25, 0.3) is 33.0 Å². The summed E-state index contributed by atoms with van der Waals surface area (Å²) in [6.45, 7) is 4.85. The summed E-state index contributed by atoms with van der Waals surface area (Å²) in [5.74, 6) is 1.32. The van der Waals surface area contributed by atoms with Crippen molar-refractivity contribution in [1.82, 2.24) is 0 Å². The first-order valence-corrected chi connectivity index (χ1v) is 24.7. The van der Waals surface area contributed by atoms with Gasteiger partial charge in [0, 0.05) is 22.7 Å². The molecule has 4 aliphatic carbocycles. The van der Waals surface area contributed by atoms with Gasteiger partial charge in [-0.15, -0.1) is 0 Å². The quantitative estimate of drug-likeness (QED) is 0.140. The van der Waals surface area contributed by atoms with Crippen LogP contribution in [0.5, 0.6) is 0 Å². The van der Waals surface area contributed by atoms with Crippen LogP contribution < -0.4 is 0 Å². The summed E-state index contributed by atoms with van der Waals surface area (Å²) in [7, 11) is 0. The minimum atomic E-state index is -0.0777. The second-order valence-corrected chi connectivity index (χ2v) is 20.6. The molecule has 0 nitrogen and oxygen atoms in total. The molecule has 0 heterocycles. The van der Waals surface area contributed by atoms with Crippen molar-refractivity contribution < 1.29 is 0 Å². The third-order valence-electron chi connectivity index (χ3n) is 16.9. The lowest BCUT2D eigenvalue weighted by molar-refractivity contribution is 0.255. The third-order valence-corrected chi connectivity index (χ3v) is 16.9. The Morgan fingerprint density at radius 3 is 1.56 bits per heavy atom. The van der Waals surface area contributed by atoms with Crippen LogP contribution in [0.1, 0.15) is 118 Å². The molecule has 320 valence electrons. The van der Waals surface area contributed by atoms with E-state index in [4.69, 9.17) is 0 Å². The summed E-state index contributed by atoms with van der Waals surface area (Å²) in [5.41, 5.74) is 23.0. The zero-order chi connectivity index (χ0) is 44.0. The molecule has 0 amide bonds. The fraction of sp³-hybridized carbons (Fsp3) is 0.212. The molecule has 0 heteroatoms. The summed E-state index contributed by atoms with van der Waals surface area (Å²) < 4.78 is 0. The molecule has 9 aromatic carbocycles. The van der Waals surface area contributed by atoms with E-state index in [1.165, 1.54) is 103 Å². The van der Waals surface area contributed by atoms with Gasteiger partial charge in [0.2, 0.25) is 0 Å². The molecule has 1 fully saturated rings. The van der Waals surface area contributed by atoms with Crippen LogP contribution in [0, 0.1) is 11.8 Å². The molecule has 66 heavy (non-hydrogen) atoms. The van der Waals surface area contributed by atoms with Crippen molar-refractivity contribution >= 4 is 10.8 Å². The molecular weight excluding hydrogens is 793 g/mol. The first-order valence-electron chi connectivity index (χ1n) is 24.7. The van der Waals surface area contributed by atoms with E-state index in [-0.39, 0.29) is 22.7 Å². The fourth-order valence-corrected chi connectivity index (χ4v) is 14.2. The molecule has 0 aliphatic heterocycles. The standard InChI is InChI=1S/C66H56/c1-65(2)59-30-14-13-27-55(59)56-38-37-50(42-60(56)65)62(46-20-7-4-8-21-46)58-29-16-24-52-41-54-26-12-11-25-53-40-51-23-15-28-57(63(51)66(53,54)64(52)58)61(45-18-5-3-6-19-45)47-34-31-44(32-35-47)49-36-33-43-17-9-10-22-48(43)39-49/h3-10,13-24,27-39,42,53-54,61-62H,11-12,25-26,40-41H2,1-2H3. The molecule has 13 rings (SSSR count). The first kappa shape index (κ1) is 39.6. The highest BCUT2D eigenvalue weighted by Gasteiger charge is 2.59. The van der Waals surface area contributed by atoms with E-state index in [1.54, 1.807) is 22.3 Å². The Bertz CT molecular complexity index is 3290. The highest BCUT2D eigenvalue weighted by Crippen LogP contribution is 2.65. The predicted molar refractivity (Wildman–Crippen MR) is 275 cm³/mol. The monoisotopic (exact) mass is 848 g/mol. The number of hydrogen-bond donors (Lipinski definition) is 0. The van der Waals surface area contributed by atoms with E-state index in [0.717, 1.165) is 12.8 Å². The van der Waals surface area contributed by atoms with E-state index in [1.807, 2.05) is 0 Å². The number of benzene rings is 9. The molecule has 5 unspecified atom stereocenters. The van der Waals surface area contributed by atoms with Gasteiger partial charge in [-0.1, -0.05) is 227 Å². The van der Waals surface area contributed by atoms with Crippen LogP contribution in [0.4, 0.5) is 0 Å². The van der Waals surface area contributed by atoms with Gasteiger partial charge in [-0.25, -0.2) is 0 Å². The largest absolute Gasteiger partial charge is 0.0622 e. The van der Waals surface area contributed by atoms with E-state index in [0.29, 0.717) is 11.8 Å². The minimum absolute atomic E-state index is 0.0720. The Kier molecular flexibility index (Phi) is 9.25. The lowest BCUT2D eigenvalue weighted by atomic mass is 9.60. The van der Waals surface area contributed by atoms with Gasteiger partial charge in [0.1, 0.15) is 0 Å². The van der Waals surface area contributed by atoms with Crippen LogP contribution in [-0.2, 0) is 23.7 Å². The zero-order valence-electron chi connectivity index (χ0n) is 38.2. The van der Waals surface area contributed by atoms with Crippen LogP contribution in [-0.4, -0.2) is 0 Å². The average molecular weight is 849 g/mol. The normalized spacial score (nSPS) is 20.6. The number of fused-ring (bicyclic) bond motifs is 6. The Morgan fingerprint density at radius 1 is 0.394 bits per heavy atom. The van der Waals surface area contributed by atoms with Gasteiger partial charge in [-0.2, -0.15) is 0 Å². The highest BCUT2D eigenvalue weighted by molar-refractivity contribution is 5.87. The molecule has 5 atom stereocenters. The molecule has 0 bridgehead atoms. The summed E-state index contributed by atoms with van der Waals surface area (Å²) in [5, 5.41) is 2.56. The highest BCUT2D eigenvalue weighted by atomic mass is 14.6. The van der Waals surface area contributed by atoms with E-state index in [9.17, 15) is 0 Å². The summed E-state index contributed by atoms with van der Waals surface area (Å²) in [4.78, 5) is 0. The predicted octanol–water partition coefficient (Wildman–Crippen LogP) is 16.4. The smallest absolute Gasteiger partial charge is 0.0343 e. The molecule has 9 aromatic rings. The maximum Gasteiger partial charge on any atom is 0.0343 e. The van der Waals surface area contributed by atoms with Gasteiger partial charge in [0.25, 0.3) is 0 Å². The molecule has 0 N–H and O–H groups in total. The van der Waals surface area contributed by atoms with Crippen LogP contribution >= 0.6 is 0 Å². The Balaban J connectivity index is 1.01. The van der Waals surface area contributed by atoms with Gasteiger partial charge >= 0.3 is 0 Å². The number of hydrogen-bond acceptors (Lipinski definition) is 0. The van der Waals surface area contributed by atoms with Crippen molar-refractivity contribution in [2.24, 2.45) is 11.8 Å². The second kappa shape index (κ2) is 15.4. The van der Waals surface area contributed by atoms with Crippen molar-refractivity contribution in [3.05, 3.63) is 273 Å². The van der Waals surface area contributed by atoms with Gasteiger partial charge < -0.3 is 0 Å². The van der Waals surface area contributed by atoms with Crippen LogP contribution in [0.15, 0.2) is 206 Å². The fourth-order valence-electron chi connectivity index (χ4n) is 14.2. The maximum absolute atomic E-state index is 2.60. The Morgan fingerprint density at radius 2 is 0.909 bits per heavy atom. The van der Waals surface area contributed by atoms with Gasteiger partial charge in [0.05, 0.1) is 0 Å². The Labute approximate surface area is 391 Å². The minimum Gasteiger partial charge on any atom is -0.0622 e. The molecule has 0 aromatic heterocycles. The zero-order valence-corrected chi connectivity index (χ0v) is 38.2. The summed E-state index contributed by atoms with van der Waals surface area (Å²) in [6.07, 6.45) is 7.47. The van der Waals surface area contributed by atoms with Gasteiger partial charge in [0.15, 0.2) is 0 Å². The summed E-state index contributed by atoms with van der Waals surface area (Å²) >= 11 is 0. The van der Waals surface area contributed by atoms with E-state index in [2.05, 4.69) is 220 Å². The number of rotatable bonds is 7. The van der Waals surface area contributed by atoms with Crippen molar-refractivity contribution in [2.45, 2.75) is 75.0 Å². The molecule has 4 aliphatic rings. The second-order valence-electron chi connectivity index (χ2n) is 20.6. The molecule has 0 saturated heterocycles. The van der Waals surface area contributed by atoms with Crippen LogP contribution in [0.2, 0.25) is 0 Å². The maximum atomic E-state index is 2.60. The molecule has 0 radical (unpaired) electrons. The third kappa shape index (κ3) is 5.96.